The summed E-state index contributed by atoms with van der Waals surface area (Å²) < 4.78 is 10.6. The second-order valence-electron chi connectivity index (χ2n) is 4.52. The van der Waals surface area contributed by atoms with Gasteiger partial charge in [0.15, 0.2) is 11.5 Å². The van der Waals surface area contributed by atoms with Crippen LogP contribution >= 0.6 is 34.8 Å². The van der Waals surface area contributed by atoms with E-state index in [-0.39, 0.29) is 6.79 Å². The van der Waals surface area contributed by atoms with Crippen LogP contribution in [0.15, 0.2) is 35.4 Å². The molecular formula is C15H11Cl3N2O2. The molecule has 22 heavy (non-hydrogen) atoms. The number of hydrogen-bond donors (Lipinski definition) is 1. The molecule has 0 unspecified atom stereocenters. The molecule has 114 valence electrons. The molecule has 1 heterocycles. The summed E-state index contributed by atoms with van der Waals surface area (Å²) in [6.45, 7) is 0.618. The molecule has 1 N–H and O–H groups in total. The monoisotopic (exact) mass is 356 g/mol. The summed E-state index contributed by atoms with van der Waals surface area (Å²) in [5.74, 6) is 1.29. The Kier molecular flexibility index (Phi) is 4.62. The smallest absolute Gasteiger partial charge is 0.231 e. The fourth-order valence-corrected chi connectivity index (χ4v) is 2.71. The van der Waals surface area contributed by atoms with Gasteiger partial charge in [-0.25, -0.2) is 0 Å². The van der Waals surface area contributed by atoms with Crippen LogP contribution in [0.25, 0.3) is 0 Å². The molecule has 0 amide bonds. The molecule has 0 bridgehead atoms. The maximum atomic E-state index is 6.16. The van der Waals surface area contributed by atoms with E-state index in [1.807, 2.05) is 0 Å². The predicted molar refractivity (Wildman–Crippen MR) is 88.5 cm³/mol. The molecule has 0 atom stereocenters. The summed E-state index contributed by atoms with van der Waals surface area (Å²) in [6.07, 6.45) is 1.61. The Labute approximate surface area is 142 Å². The van der Waals surface area contributed by atoms with Crippen LogP contribution in [0.4, 0.5) is 0 Å². The summed E-state index contributed by atoms with van der Waals surface area (Å²) in [6, 6.07) is 8.84. The van der Waals surface area contributed by atoms with Crippen LogP contribution in [0.5, 0.6) is 11.5 Å². The van der Waals surface area contributed by atoms with E-state index in [1.165, 1.54) is 0 Å². The summed E-state index contributed by atoms with van der Waals surface area (Å²) in [7, 11) is 0. The molecule has 1 aliphatic heterocycles. The highest BCUT2D eigenvalue weighted by Crippen LogP contribution is 2.36. The van der Waals surface area contributed by atoms with E-state index >= 15 is 0 Å². The lowest BCUT2D eigenvalue weighted by molar-refractivity contribution is 0.174. The van der Waals surface area contributed by atoms with Gasteiger partial charge in [0.05, 0.1) is 17.8 Å². The molecule has 2 aromatic rings. The number of benzene rings is 2. The Morgan fingerprint density at radius 3 is 2.45 bits per heavy atom. The van der Waals surface area contributed by atoms with Gasteiger partial charge in [-0.2, -0.15) is 5.10 Å². The molecule has 7 heteroatoms. The zero-order chi connectivity index (χ0) is 15.5. The Morgan fingerprint density at radius 2 is 1.73 bits per heavy atom. The lowest BCUT2D eigenvalue weighted by atomic mass is 10.2. The molecule has 0 saturated heterocycles. The van der Waals surface area contributed by atoms with Crippen molar-refractivity contribution in [2.24, 2.45) is 5.10 Å². The molecule has 0 fully saturated rings. The highest BCUT2D eigenvalue weighted by molar-refractivity contribution is 6.36. The number of nitrogens with one attached hydrogen (secondary N) is 1. The van der Waals surface area contributed by atoms with Crippen LogP contribution in [0.1, 0.15) is 11.1 Å². The lowest BCUT2D eigenvalue weighted by Crippen LogP contribution is -2.06. The summed E-state index contributed by atoms with van der Waals surface area (Å²) >= 11 is 18.3. The van der Waals surface area contributed by atoms with E-state index in [9.17, 15) is 0 Å². The predicted octanol–water partition coefficient (Wildman–Crippen LogP) is 4.50. The third-order valence-corrected chi connectivity index (χ3v) is 4.14. The van der Waals surface area contributed by atoms with E-state index in [0.717, 1.165) is 11.1 Å². The first kappa shape index (κ1) is 15.3. The first-order chi connectivity index (χ1) is 10.6. The van der Waals surface area contributed by atoms with Gasteiger partial charge in [-0.15, -0.1) is 0 Å². The van der Waals surface area contributed by atoms with Crippen molar-refractivity contribution in [3.63, 3.8) is 0 Å². The van der Waals surface area contributed by atoms with Gasteiger partial charge in [0.1, 0.15) is 0 Å². The van der Waals surface area contributed by atoms with Crippen LogP contribution in [0.3, 0.4) is 0 Å². The van der Waals surface area contributed by atoms with Crippen LogP contribution < -0.4 is 14.9 Å². The Morgan fingerprint density at radius 1 is 1.05 bits per heavy atom. The van der Waals surface area contributed by atoms with Crippen molar-refractivity contribution in [1.82, 2.24) is 5.43 Å². The summed E-state index contributed by atoms with van der Waals surface area (Å²) in [5.41, 5.74) is 4.41. The Balaban J connectivity index is 1.68. The fourth-order valence-electron chi connectivity index (χ4n) is 1.97. The molecule has 0 radical (unpaired) electrons. The van der Waals surface area contributed by atoms with Crippen molar-refractivity contribution in [3.05, 3.63) is 56.5 Å². The van der Waals surface area contributed by atoms with Crippen LogP contribution in [-0.2, 0) is 6.54 Å². The quantitative estimate of drug-likeness (QED) is 0.647. The molecule has 3 rings (SSSR count). The zero-order valence-corrected chi connectivity index (χ0v) is 13.5. The van der Waals surface area contributed by atoms with Crippen LogP contribution in [0.2, 0.25) is 15.1 Å². The normalized spacial score (nSPS) is 12.9. The SMILES string of the molecule is Clc1cc2c(cc1/C=N\NCc1c(Cl)cccc1Cl)OCO2. The fraction of sp³-hybridized carbons (Fsp3) is 0.133. The largest absolute Gasteiger partial charge is 0.454 e. The Bertz CT molecular complexity index is 715. The van der Waals surface area contributed by atoms with Crippen molar-refractivity contribution in [2.75, 3.05) is 6.79 Å². The maximum absolute atomic E-state index is 6.16. The van der Waals surface area contributed by atoms with Gasteiger partial charge in [0.25, 0.3) is 0 Å². The molecule has 1 aliphatic rings. The zero-order valence-electron chi connectivity index (χ0n) is 11.3. The third kappa shape index (κ3) is 3.24. The van der Waals surface area contributed by atoms with Crippen molar-refractivity contribution < 1.29 is 9.47 Å². The third-order valence-electron chi connectivity index (χ3n) is 3.10. The average molecular weight is 358 g/mol. The summed E-state index contributed by atoms with van der Waals surface area (Å²) in [4.78, 5) is 0. The number of halogens is 3. The van der Waals surface area contributed by atoms with Gasteiger partial charge >= 0.3 is 0 Å². The van der Waals surface area contributed by atoms with Crippen LogP contribution in [-0.4, -0.2) is 13.0 Å². The highest BCUT2D eigenvalue weighted by atomic mass is 35.5. The van der Waals surface area contributed by atoms with Crippen molar-refractivity contribution in [1.29, 1.82) is 0 Å². The summed E-state index contributed by atoms with van der Waals surface area (Å²) in [5, 5.41) is 5.85. The number of rotatable bonds is 4. The van der Waals surface area contributed by atoms with Gasteiger partial charge in [-0.1, -0.05) is 40.9 Å². The van der Waals surface area contributed by atoms with E-state index in [2.05, 4.69) is 10.5 Å². The standard InChI is InChI=1S/C15H11Cl3N2O2/c16-11-2-1-3-12(17)10(11)7-20-19-6-9-4-14-15(5-13(9)18)22-8-21-14/h1-6,20H,7-8H2/b19-6-. The maximum Gasteiger partial charge on any atom is 0.231 e. The molecule has 2 aromatic carbocycles. The number of ether oxygens (including phenoxy) is 2. The van der Waals surface area contributed by atoms with E-state index in [4.69, 9.17) is 44.3 Å². The average Bonchev–Trinajstić information content (AvgIpc) is 2.93. The minimum Gasteiger partial charge on any atom is -0.454 e. The molecule has 0 saturated carbocycles. The second kappa shape index (κ2) is 6.65. The lowest BCUT2D eigenvalue weighted by Gasteiger charge is -2.06. The van der Waals surface area contributed by atoms with Crippen molar-refractivity contribution >= 4 is 41.0 Å². The highest BCUT2D eigenvalue weighted by Gasteiger charge is 2.15. The number of hydrogen-bond acceptors (Lipinski definition) is 4. The first-order valence-corrected chi connectivity index (χ1v) is 7.56. The molecule has 4 nitrogen and oxygen atoms in total. The first-order valence-electron chi connectivity index (χ1n) is 6.43. The minimum absolute atomic E-state index is 0.204. The van der Waals surface area contributed by atoms with E-state index in [1.54, 1.807) is 36.5 Å². The van der Waals surface area contributed by atoms with Crippen LogP contribution in [0, 0.1) is 0 Å². The molecule has 0 aromatic heterocycles. The number of nitrogens with zero attached hydrogens (tertiary/aromatic N) is 1. The topological polar surface area (TPSA) is 42.9 Å². The van der Waals surface area contributed by atoms with E-state index in [0.29, 0.717) is 33.1 Å². The Hall–Kier alpha value is -1.62. The van der Waals surface area contributed by atoms with E-state index < -0.39 is 0 Å². The molecule has 0 spiro atoms. The van der Waals surface area contributed by atoms with Gasteiger partial charge in [-0.05, 0) is 18.2 Å². The van der Waals surface area contributed by atoms with Crippen molar-refractivity contribution in [2.45, 2.75) is 6.54 Å². The van der Waals surface area contributed by atoms with Gasteiger partial charge in [0.2, 0.25) is 6.79 Å². The van der Waals surface area contributed by atoms with Gasteiger partial charge in [-0.3, -0.25) is 0 Å². The van der Waals surface area contributed by atoms with Crippen molar-refractivity contribution in [3.8, 4) is 11.5 Å². The molecular weight excluding hydrogens is 347 g/mol. The second-order valence-corrected chi connectivity index (χ2v) is 5.74. The number of hydrazone groups is 1. The number of fused-ring (bicyclic) bond motifs is 1. The molecule has 0 aliphatic carbocycles. The van der Waals surface area contributed by atoms with Gasteiger partial charge < -0.3 is 14.9 Å². The minimum atomic E-state index is 0.204. The van der Waals surface area contributed by atoms with Gasteiger partial charge in [0, 0.05) is 27.2 Å².